The van der Waals surface area contributed by atoms with Crippen molar-refractivity contribution < 1.29 is 9.53 Å². The Kier molecular flexibility index (Phi) is 11.8. The maximum absolute atomic E-state index is 11.4. The first-order chi connectivity index (χ1) is 12.1. The highest BCUT2D eigenvalue weighted by Crippen LogP contribution is 2.13. The minimum atomic E-state index is -0.325. The predicted octanol–water partition coefficient (Wildman–Crippen LogP) is 6.77. The number of unbranched alkanes of at least 4 members (excludes halogenated alkanes) is 9. The molecule has 25 heavy (non-hydrogen) atoms. The molecule has 0 bridgehead atoms. The molecule has 2 nitrogen and oxygen atoms in total. The summed E-state index contributed by atoms with van der Waals surface area (Å²) < 4.78 is 5.16. The molecule has 0 radical (unpaired) electrons. The van der Waals surface area contributed by atoms with Crippen LogP contribution in [0.3, 0.4) is 0 Å². The summed E-state index contributed by atoms with van der Waals surface area (Å²) in [6.45, 7) is 7.84. The van der Waals surface area contributed by atoms with Crippen molar-refractivity contribution in [2.24, 2.45) is 0 Å². The molecule has 0 aliphatic rings. The maximum Gasteiger partial charge on any atom is 0.333 e. The van der Waals surface area contributed by atoms with Crippen LogP contribution >= 0.6 is 0 Å². The summed E-state index contributed by atoms with van der Waals surface area (Å²) in [7, 11) is 0. The Balaban J connectivity index is 2.06. The Hall–Kier alpha value is -1.57. The van der Waals surface area contributed by atoms with Crippen molar-refractivity contribution in [1.82, 2.24) is 0 Å². The molecule has 2 heteroatoms. The van der Waals surface area contributed by atoms with Crippen molar-refractivity contribution in [3.63, 3.8) is 0 Å². The molecule has 0 fully saturated rings. The second kappa shape index (κ2) is 13.7. The summed E-state index contributed by atoms with van der Waals surface area (Å²) in [5.41, 5.74) is 2.84. The van der Waals surface area contributed by atoms with Gasteiger partial charge < -0.3 is 4.74 Å². The molecular formula is C23H36O2. The van der Waals surface area contributed by atoms with E-state index in [1.54, 1.807) is 6.92 Å². The summed E-state index contributed by atoms with van der Waals surface area (Å²) >= 11 is 0. The summed E-state index contributed by atoms with van der Waals surface area (Å²) in [5.74, 6) is -0.325. The van der Waals surface area contributed by atoms with Gasteiger partial charge in [-0.15, -0.1) is 0 Å². The lowest BCUT2D eigenvalue weighted by Crippen LogP contribution is -2.04. The first kappa shape index (κ1) is 21.5. The normalized spacial score (nSPS) is 10.6. The number of esters is 1. The molecule has 0 unspecified atom stereocenters. The third-order valence-corrected chi connectivity index (χ3v) is 4.56. The second-order valence-corrected chi connectivity index (χ2v) is 7.10. The van der Waals surface area contributed by atoms with Gasteiger partial charge in [-0.2, -0.15) is 0 Å². The fraction of sp³-hybridized carbons (Fsp3) is 0.609. The van der Waals surface area contributed by atoms with E-state index < -0.39 is 0 Å². The zero-order chi connectivity index (χ0) is 18.3. The third-order valence-electron chi connectivity index (χ3n) is 4.56. The molecule has 0 aliphatic heterocycles. The van der Waals surface area contributed by atoms with Crippen LogP contribution in [0.2, 0.25) is 0 Å². The van der Waals surface area contributed by atoms with Gasteiger partial charge in [-0.3, -0.25) is 0 Å². The van der Waals surface area contributed by atoms with Crippen LogP contribution in [0.5, 0.6) is 0 Å². The minimum Gasteiger partial charge on any atom is -0.457 e. The van der Waals surface area contributed by atoms with E-state index in [2.05, 4.69) is 37.8 Å². The van der Waals surface area contributed by atoms with Crippen LogP contribution < -0.4 is 0 Å². The fourth-order valence-corrected chi connectivity index (χ4v) is 2.89. The van der Waals surface area contributed by atoms with Gasteiger partial charge in [0.2, 0.25) is 0 Å². The van der Waals surface area contributed by atoms with Gasteiger partial charge in [-0.25, -0.2) is 4.79 Å². The summed E-state index contributed by atoms with van der Waals surface area (Å²) in [5, 5.41) is 0. The molecule has 1 aromatic rings. The zero-order valence-electron chi connectivity index (χ0n) is 16.3. The quantitative estimate of drug-likeness (QED) is 0.211. The van der Waals surface area contributed by atoms with Gasteiger partial charge in [0.25, 0.3) is 0 Å². The average molecular weight is 345 g/mol. The van der Waals surface area contributed by atoms with Crippen LogP contribution in [0.4, 0.5) is 0 Å². The standard InChI is InChI=1S/C23H36O2/c1-4-5-6-7-8-9-10-11-12-13-14-21-15-17-22(18-16-21)19-25-23(24)20(2)3/h15-18H,2,4-14,19H2,1,3H3. The SMILES string of the molecule is C=C(C)C(=O)OCc1ccc(CCCCCCCCCCCC)cc1. The second-order valence-electron chi connectivity index (χ2n) is 7.10. The molecular weight excluding hydrogens is 308 g/mol. The molecule has 1 rings (SSSR count). The number of aryl methyl sites for hydroxylation is 1. The first-order valence-corrected chi connectivity index (χ1v) is 10.0. The Bertz CT molecular complexity index is 487. The Morgan fingerprint density at radius 2 is 1.32 bits per heavy atom. The van der Waals surface area contributed by atoms with E-state index >= 15 is 0 Å². The topological polar surface area (TPSA) is 26.3 Å². The van der Waals surface area contributed by atoms with Crippen molar-refractivity contribution >= 4 is 5.97 Å². The predicted molar refractivity (Wildman–Crippen MR) is 107 cm³/mol. The Labute approximate surface area is 154 Å². The number of ether oxygens (including phenoxy) is 1. The van der Waals surface area contributed by atoms with Gasteiger partial charge in [0.05, 0.1) is 0 Å². The Morgan fingerprint density at radius 1 is 0.840 bits per heavy atom. The highest BCUT2D eigenvalue weighted by Gasteiger charge is 2.03. The van der Waals surface area contributed by atoms with Crippen molar-refractivity contribution in [2.45, 2.75) is 91.1 Å². The Morgan fingerprint density at radius 3 is 1.84 bits per heavy atom. The van der Waals surface area contributed by atoms with E-state index in [1.165, 1.54) is 69.8 Å². The fourth-order valence-electron chi connectivity index (χ4n) is 2.89. The molecule has 0 amide bonds. The van der Waals surface area contributed by atoms with Crippen LogP contribution in [-0.2, 0) is 22.6 Å². The van der Waals surface area contributed by atoms with E-state index in [-0.39, 0.29) is 5.97 Å². The van der Waals surface area contributed by atoms with Crippen LogP contribution in [-0.4, -0.2) is 5.97 Å². The molecule has 0 aliphatic carbocycles. The lowest BCUT2D eigenvalue weighted by molar-refractivity contribution is -0.140. The van der Waals surface area contributed by atoms with E-state index in [4.69, 9.17) is 4.74 Å². The molecule has 0 saturated carbocycles. The van der Waals surface area contributed by atoms with E-state index in [0.717, 1.165) is 12.0 Å². The van der Waals surface area contributed by atoms with Crippen LogP contribution in [0.25, 0.3) is 0 Å². The highest BCUT2D eigenvalue weighted by molar-refractivity contribution is 5.86. The van der Waals surface area contributed by atoms with Gasteiger partial charge in [-0.05, 0) is 30.9 Å². The van der Waals surface area contributed by atoms with Crippen LogP contribution in [0, 0.1) is 0 Å². The monoisotopic (exact) mass is 344 g/mol. The van der Waals surface area contributed by atoms with Gasteiger partial charge >= 0.3 is 5.97 Å². The summed E-state index contributed by atoms with van der Waals surface area (Å²) in [6.07, 6.45) is 14.9. The third kappa shape index (κ3) is 10.8. The largest absolute Gasteiger partial charge is 0.457 e. The van der Waals surface area contributed by atoms with Crippen molar-refractivity contribution in [3.8, 4) is 0 Å². The highest BCUT2D eigenvalue weighted by atomic mass is 16.5. The van der Waals surface area contributed by atoms with Crippen molar-refractivity contribution in [1.29, 1.82) is 0 Å². The maximum atomic E-state index is 11.4. The smallest absolute Gasteiger partial charge is 0.333 e. The van der Waals surface area contributed by atoms with Gasteiger partial charge in [0.15, 0.2) is 0 Å². The number of carbonyl (C=O) groups excluding carboxylic acids is 1. The average Bonchev–Trinajstić information content (AvgIpc) is 2.62. The zero-order valence-corrected chi connectivity index (χ0v) is 16.3. The molecule has 0 spiro atoms. The van der Waals surface area contributed by atoms with Crippen LogP contribution in [0.15, 0.2) is 36.4 Å². The van der Waals surface area contributed by atoms with Crippen LogP contribution in [0.1, 0.15) is 89.2 Å². The molecule has 0 heterocycles. The lowest BCUT2D eigenvalue weighted by Gasteiger charge is -2.06. The van der Waals surface area contributed by atoms with Crippen molar-refractivity contribution in [2.75, 3.05) is 0 Å². The number of hydrogen-bond acceptors (Lipinski definition) is 2. The number of benzene rings is 1. The van der Waals surface area contributed by atoms with E-state index in [9.17, 15) is 4.79 Å². The minimum absolute atomic E-state index is 0.324. The molecule has 140 valence electrons. The summed E-state index contributed by atoms with van der Waals surface area (Å²) in [6, 6.07) is 8.41. The van der Waals surface area contributed by atoms with E-state index in [1.807, 2.05) is 0 Å². The molecule has 1 aromatic carbocycles. The van der Waals surface area contributed by atoms with Gasteiger partial charge in [0.1, 0.15) is 6.61 Å². The molecule has 0 saturated heterocycles. The number of hydrogen-bond donors (Lipinski definition) is 0. The van der Waals surface area contributed by atoms with Gasteiger partial charge in [-0.1, -0.05) is 95.6 Å². The molecule has 0 atom stereocenters. The number of carbonyl (C=O) groups is 1. The summed E-state index contributed by atoms with van der Waals surface area (Å²) in [4.78, 5) is 11.4. The molecule has 0 aromatic heterocycles. The van der Waals surface area contributed by atoms with Gasteiger partial charge in [0, 0.05) is 5.57 Å². The van der Waals surface area contributed by atoms with E-state index in [0.29, 0.717) is 12.2 Å². The number of rotatable bonds is 14. The first-order valence-electron chi connectivity index (χ1n) is 10.0. The molecule has 0 N–H and O–H groups in total. The van der Waals surface area contributed by atoms with Crippen molar-refractivity contribution in [3.05, 3.63) is 47.5 Å². The lowest BCUT2D eigenvalue weighted by atomic mass is 10.0.